The average molecular weight is 290 g/mol. The highest BCUT2D eigenvalue weighted by Crippen LogP contribution is 2.27. The number of hydrogen-bond donors (Lipinski definition) is 1. The predicted octanol–water partition coefficient (Wildman–Crippen LogP) is 3.97. The van der Waals surface area contributed by atoms with Crippen molar-refractivity contribution in [2.24, 2.45) is 5.92 Å². The summed E-state index contributed by atoms with van der Waals surface area (Å²) in [6.07, 6.45) is 12.6. The van der Waals surface area contributed by atoms with Gasteiger partial charge in [-0.05, 0) is 43.7 Å². The van der Waals surface area contributed by atoms with Crippen LogP contribution in [0.1, 0.15) is 57.4 Å². The zero-order chi connectivity index (χ0) is 14.9. The summed E-state index contributed by atoms with van der Waals surface area (Å²) < 4.78 is 5.15. The van der Waals surface area contributed by atoms with Gasteiger partial charge in [0.05, 0.1) is 7.11 Å². The number of pyridine rings is 1. The van der Waals surface area contributed by atoms with Crippen molar-refractivity contribution < 1.29 is 4.74 Å². The van der Waals surface area contributed by atoms with Gasteiger partial charge in [0.1, 0.15) is 0 Å². The molecule has 21 heavy (non-hydrogen) atoms. The molecule has 0 aromatic carbocycles. The summed E-state index contributed by atoms with van der Waals surface area (Å²) in [5.74, 6) is 1.52. The highest BCUT2D eigenvalue weighted by Gasteiger charge is 2.22. The zero-order valence-electron chi connectivity index (χ0n) is 13.6. The van der Waals surface area contributed by atoms with E-state index in [1.807, 2.05) is 12.3 Å². The van der Waals surface area contributed by atoms with Gasteiger partial charge in [0.15, 0.2) is 0 Å². The highest BCUT2D eigenvalue weighted by atomic mass is 16.5. The molecule has 0 spiro atoms. The van der Waals surface area contributed by atoms with E-state index < -0.39 is 0 Å². The van der Waals surface area contributed by atoms with Crippen molar-refractivity contribution in [3.63, 3.8) is 0 Å². The molecule has 0 radical (unpaired) electrons. The Kier molecular flexibility index (Phi) is 7.01. The van der Waals surface area contributed by atoms with Gasteiger partial charge in [-0.15, -0.1) is 0 Å². The van der Waals surface area contributed by atoms with Gasteiger partial charge in [0.2, 0.25) is 5.88 Å². The molecule has 3 nitrogen and oxygen atoms in total. The maximum Gasteiger partial charge on any atom is 0.212 e. The van der Waals surface area contributed by atoms with E-state index in [0.717, 1.165) is 18.9 Å². The molecule has 0 saturated heterocycles. The minimum absolute atomic E-state index is 0.596. The molecule has 1 atom stereocenters. The first-order valence-electron chi connectivity index (χ1n) is 8.55. The summed E-state index contributed by atoms with van der Waals surface area (Å²) in [6.45, 7) is 3.36. The van der Waals surface area contributed by atoms with Crippen LogP contribution < -0.4 is 10.1 Å². The first-order valence-corrected chi connectivity index (χ1v) is 8.55. The number of nitrogens with one attached hydrogen (secondary N) is 1. The van der Waals surface area contributed by atoms with Crippen LogP contribution in [0.25, 0.3) is 0 Å². The van der Waals surface area contributed by atoms with Gasteiger partial charge in [-0.2, -0.15) is 0 Å². The summed E-state index contributed by atoms with van der Waals surface area (Å²) in [5, 5.41) is 3.78. The first kappa shape index (κ1) is 16.3. The number of ether oxygens (including phenoxy) is 1. The summed E-state index contributed by atoms with van der Waals surface area (Å²) in [5.41, 5.74) is 1.31. The lowest BCUT2D eigenvalue weighted by Crippen LogP contribution is -2.38. The van der Waals surface area contributed by atoms with Crippen LogP contribution in [0.3, 0.4) is 0 Å². The largest absolute Gasteiger partial charge is 0.481 e. The Balaban J connectivity index is 1.99. The third kappa shape index (κ3) is 5.31. The molecule has 1 unspecified atom stereocenters. The van der Waals surface area contributed by atoms with Crippen LogP contribution in [0.5, 0.6) is 5.88 Å². The van der Waals surface area contributed by atoms with Crippen LogP contribution in [0.15, 0.2) is 18.3 Å². The minimum atomic E-state index is 0.596. The molecule has 1 heterocycles. The Morgan fingerprint density at radius 3 is 2.57 bits per heavy atom. The Morgan fingerprint density at radius 1 is 1.24 bits per heavy atom. The SMILES string of the molecule is CCCNC(Cc1ccc(OC)nc1)C1CCCCCC1. The van der Waals surface area contributed by atoms with Crippen LogP contribution >= 0.6 is 0 Å². The topological polar surface area (TPSA) is 34.1 Å². The smallest absolute Gasteiger partial charge is 0.212 e. The molecule has 2 rings (SSSR count). The Hall–Kier alpha value is -1.09. The normalized spacial score (nSPS) is 18.2. The predicted molar refractivity (Wildman–Crippen MR) is 87.8 cm³/mol. The fraction of sp³-hybridized carbons (Fsp3) is 0.722. The van der Waals surface area contributed by atoms with Gasteiger partial charge in [0.25, 0.3) is 0 Å². The lowest BCUT2D eigenvalue weighted by atomic mass is 9.88. The molecule has 1 saturated carbocycles. The van der Waals surface area contributed by atoms with Crippen molar-refractivity contribution in [3.8, 4) is 5.88 Å². The maximum absolute atomic E-state index is 5.15. The zero-order valence-corrected chi connectivity index (χ0v) is 13.6. The van der Waals surface area contributed by atoms with E-state index in [-0.39, 0.29) is 0 Å². The Bertz CT molecular complexity index is 383. The van der Waals surface area contributed by atoms with Gasteiger partial charge in [-0.3, -0.25) is 0 Å². The van der Waals surface area contributed by atoms with Gasteiger partial charge in [0, 0.05) is 18.3 Å². The van der Waals surface area contributed by atoms with Crippen molar-refractivity contribution >= 4 is 0 Å². The minimum Gasteiger partial charge on any atom is -0.481 e. The van der Waals surface area contributed by atoms with Gasteiger partial charge in [-0.1, -0.05) is 38.7 Å². The monoisotopic (exact) mass is 290 g/mol. The summed E-state index contributed by atoms with van der Waals surface area (Å²) in [7, 11) is 1.67. The van der Waals surface area contributed by atoms with Crippen molar-refractivity contribution in [1.82, 2.24) is 10.3 Å². The number of rotatable bonds is 7. The van der Waals surface area contributed by atoms with Crippen LogP contribution in [-0.2, 0) is 6.42 Å². The third-order valence-electron chi connectivity index (χ3n) is 4.59. The molecular weight excluding hydrogens is 260 g/mol. The molecule has 1 aliphatic carbocycles. The summed E-state index contributed by atoms with van der Waals surface area (Å²) in [4.78, 5) is 4.34. The van der Waals surface area contributed by atoms with Gasteiger partial charge in [-0.25, -0.2) is 4.98 Å². The number of hydrogen-bond acceptors (Lipinski definition) is 3. The molecule has 1 aromatic heterocycles. The molecular formula is C18H30N2O. The quantitative estimate of drug-likeness (QED) is 0.772. The molecule has 1 fully saturated rings. The molecule has 0 aliphatic heterocycles. The average Bonchev–Trinajstić information content (AvgIpc) is 2.81. The fourth-order valence-electron chi connectivity index (χ4n) is 3.35. The second-order valence-electron chi connectivity index (χ2n) is 6.23. The molecule has 0 bridgehead atoms. The van der Waals surface area contributed by atoms with Crippen LogP contribution in [0.4, 0.5) is 0 Å². The Morgan fingerprint density at radius 2 is 2.00 bits per heavy atom. The van der Waals surface area contributed by atoms with Crippen LogP contribution in [0.2, 0.25) is 0 Å². The number of nitrogens with zero attached hydrogens (tertiary/aromatic N) is 1. The molecule has 1 aliphatic rings. The second kappa shape index (κ2) is 9.04. The van der Waals surface area contributed by atoms with Crippen molar-refractivity contribution in [3.05, 3.63) is 23.9 Å². The fourth-order valence-corrected chi connectivity index (χ4v) is 3.35. The van der Waals surface area contributed by atoms with E-state index in [1.54, 1.807) is 7.11 Å². The van der Waals surface area contributed by atoms with E-state index in [1.165, 1.54) is 50.5 Å². The standard InChI is InChI=1S/C18H30N2O/c1-3-12-19-17(16-8-6-4-5-7-9-16)13-15-10-11-18(21-2)20-14-15/h10-11,14,16-17,19H,3-9,12-13H2,1-2H3. The van der Waals surface area contributed by atoms with E-state index in [4.69, 9.17) is 4.74 Å². The molecule has 1 aromatic rings. The number of aromatic nitrogens is 1. The maximum atomic E-state index is 5.15. The molecule has 1 N–H and O–H groups in total. The van der Waals surface area contributed by atoms with Gasteiger partial charge >= 0.3 is 0 Å². The van der Waals surface area contributed by atoms with Crippen molar-refractivity contribution in [1.29, 1.82) is 0 Å². The highest BCUT2D eigenvalue weighted by molar-refractivity contribution is 5.18. The van der Waals surface area contributed by atoms with Crippen LogP contribution in [-0.4, -0.2) is 24.7 Å². The summed E-state index contributed by atoms with van der Waals surface area (Å²) >= 11 is 0. The second-order valence-corrected chi connectivity index (χ2v) is 6.23. The van der Waals surface area contributed by atoms with Crippen LogP contribution in [0, 0.1) is 5.92 Å². The van der Waals surface area contributed by atoms with Gasteiger partial charge < -0.3 is 10.1 Å². The molecule has 0 amide bonds. The Labute approximate surface area is 129 Å². The molecule has 3 heteroatoms. The first-order chi connectivity index (χ1) is 10.3. The molecule has 118 valence electrons. The lowest BCUT2D eigenvalue weighted by Gasteiger charge is -2.27. The third-order valence-corrected chi connectivity index (χ3v) is 4.59. The summed E-state index contributed by atoms with van der Waals surface area (Å²) in [6, 6.07) is 4.72. The number of methoxy groups -OCH3 is 1. The lowest BCUT2D eigenvalue weighted by molar-refractivity contribution is 0.317. The van der Waals surface area contributed by atoms with E-state index in [2.05, 4.69) is 23.3 Å². The van der Waals surface area contributed by atoms with E-state index >= 15 is 0 Å². The van der Waals surface area contributed by atoms with E-state index in [9.17, 15) is 0 Å². The van der Waals surface area contributed by atoms with Crippen molar-refractivity contribution in [2.45, 2.75) is 64.3 Å². The van der Waals surface area contributed by atoms with Crippen molar-refractivity contribution in [2.75, 3.05) is 13.7 Å². The van der Waals surface area contributed by atoms with E-state index in [0.29, 0.717) is 11.9 Å².